The average Bonchev–Trinajstić information content (AvgIpc) is 2.95. The second-order valence-electron chi connectivity index (χ2n) is 4.89. The number of likely N-dealkylation sites (tertiary alicyclic amines) is 1. The fourth-order valence-electron chi connectivity index (χ4n) is 2.16. The van der Waals surface area contributed by atoms with Gasteiger partial charge < -0.3 is 10.2 Å². The van der Waals surface area contributed by atoms with Crippen LogP contribution in [0.1, 0.15) is 20.3 Å². The third kappa shape index (κ3) is 3.17. The standard InChI is InChI=1S/C11H18N4O2S/c1-8(2)14-4-3-9(7-14)5-12-11-13-6-10(18-11)15(16)17/h6,8-9H,3-5,7H2,1-2H3,(H,12,13). The van der Waals surface area contributed by atoms with Crippen LogP contribution in [0, 0.1) is 16.0 Å². The summed E-state index contributed by atoms with van der Waals surface area (Å²) in [5, 5.41) is 14.5. The molecule has 1 saturated heterocycles. The van der Waals surface area contributed by atoms with E-state index in [9.17, 15) is 10.1 Å². The van der Waals surface area contributed by atoms with Gasteiger partial charge in [0, 0.05) is 19.1 Å². The number of aromatic nitrogens is 1. The molecule has 0 saturated carbocycles. The van der Waals surface area contributed by atoms with Gasteiger partial charge >= 0.3 is 5.00 Å². The van der Waals surface area contributed by atoms with E-state index in [2.05, 4.69) is 29.0 Å². The summed E-state index contributed by atoms with van der Waals surface area (Å²) in [5.41, 5.74) is 0. The molecule has 1 aliphatic heterocycles. The van der Waals surface area contributed by atoms with Gasteiger partial charge in [-0.1, -0.05) is 0 Å². The molecule has 100 valence electrons. The van der Waals surface area contributed by atoms with Crippen molar-refractivity contribution in [2.75, 3.05) is 25.0 Å². The highest BCUT2D eigenvalue weighted by molar-refractivity contribution is 7.18. The zero-order chi connectivity index (χ0) is 13.1. The number of nitrogens with zero attached hydrogens (tertiary/aromatic N) is 3. The summed E-state index contributed by atoms with van der Waals surface area (Å²) in [4.78, 5) is 16.6. The summed E-state index contributed by atoms with van der Waals surface area (Å²) < 4.78 is 0. The molecule has 1 aliphatic rings. The molecule has 0 bridgehead atoms. The molecule has 0 aromatic carbocycles. The lowest BCUT2D eigenvalue weighted by molar-refractivity contribution is -0.380. The van der Waals surface area contributed by atoms with Gasteiger partial charge in [0.15, 0.2) is 5.13 Å². The van der Waals surface area contributed by atoms with Crippen LogP contribution >= 0.6 is 11.3 Å². The van der Waals surface area contributed by atoms with Gasteiger partial charge in [-0.15, -0.1) is 0 Å². The Morgan fingerprint density at radius 3 is 3.06 bits per heavy atom. The fourth-order valence-corrected chi connectivity index (χ4v) is 2.80. The second-order valence-corrected chi connectivity index (χ2v) is 5.89. The smallest absolute Gasteiger partial charge is 0.345 e. The molecule has 7 heteroatoms. The van der Waals surface area contributed by atoms with Crippen molar-refractivity contribution in [3.8, 4) is 0 Å². The van der Waals surface area contributed by atoms with Crippen molar-refractivity contribution < 1.29 is 4.92 Å². The first-order valence-corrected chi connectivity index (χ1v) is 6.96. The molecule has 0 radical (unpaired) electrons. The largest absolute Gasteiger partial charge is 0.361 e. The van der Waals surface area contributed by atoms with Crippen molar-refractivity contribution in [2.24, 2.45) is 5.92 Å². The third-order valence-corrected chi connectivity index (χ3v) is 4.17. The van der Waals surface area contributed by atoms with E-state index < -0.39 is 4.92 Å². The maximum Gasteiger partial charge on any atom is 0.345 e. The Hall–Kier alpha value is -1.21. The molecular formula is C11H18N4O2S. The number of nitro groups is 1. The van der Waals surface area contributed by atoms with Crippen LogP contribution in [-0.2, 0) is 0 Å². The van der Waals surface area contributed by atoms with Crippen LogP contribution in [0.4, 0.5) is 10.1 Å². The Kier molecular flexibility index (Phi) is 4.13. The summed E-state index contributed by atoms with van der Waals surface area (Å²) in [6.45, 7) is 7.49. The van der Waals surface area contributed by atoms with Gasteiger partial charge in [0.2, 0.25) is 0 Å². The van der Waals surface area contributed by atoms with Gasteiger partial charge in [-0.3, -0.25) is 10.1 Å². The summed E-state index contributed by atoms with van der Waals surface area (Å²) in [5.74, 6) is 0.607. The van der Waals surface area contributed by atoms with Crippen LogP contribution in [0.15, 0.2) is 6.20 Å². The van der Waals surface area contributed by atoms with Gasteiger partial charge in [0.25, 0.3) is 0 Å². The lowest BCUT2D eigenvalue weighted by Crippen LogP contribution is -2.29. The van der Waals surface area contributed by atoms with Crippen molar-refractivity contribution >= 4 is 21.5 Å². The summed E-state index contributed by atoms with van der Waals surface area (Å²) in [7, 11) is 0. The first-order chi connectivity index (χ1) is 8.56. The van der Waals surface area contributed by atoms with Gasteiger partial charge in [-0.05, 0) is 44.1 Å². The minimum Gasteiger partial charge on any atom is -0.361 e. The molecule has 0 aliphatic carbocycles. The van der Waals surface area contributed by atoms with Crippen LogP contribution in [0.25, 0.3) is 0 Å². The maximum absolute atomic E-state index is 10.5. The first-order valence-electron chi connectivity index (χ1n) is 6.14. The van der Waals surface area contributed by atoms with Crippen LogP contribution in [0.5, 0.6) is 0 Å². The Labute approximate surface area is 110 Å². The molecule has 6 nitrogen and oxygen atoms in total. The van der Waals surface area contributed by atoms with Crippen molar-refractivity contribution in [1.29, 1.82) is 0 Å². The number of hydrogen-bond donors (Lipinski definition) is 1. The number of nitrogens with one attached hydrogen (secondary N) is 1. The molecule has 1 fully saturated rings. The Morgan fingerprint density at radius 1 is 1.72 bits per heavy atom. The molecule has 1 aromatic rings. The monoisotopic (exact) mass is 270 g/mol. The molecule has 18 heavy (non-hydrogen) atoms. The number of thiazole rings is 1. The Balaban J connectivity index is 1.80. The SMILES string of the molecule is CC(C)N1CCC(CNc2ncc([N+](=O)[O-])s2)C1. The van der Waals surface area contributed by atoms with Crippen LogP contribution in [-0.4, -0.2) is 40.5 Å². The molecule has 0 spiro atoms. The maximum atomic E-state index is 10.5. The van der Waals surface area contributed by atoms with E-state index in [1.54, 1.807) is 0 Å². The van der Waals surface area contributed by atoms with Gasteiger partial charge in [-0.25, -0.2) is 4.98 Å². The lowest BCUT2D eigenvalue weighted by atomic mass is 10.1. The minimum absolute atomic E-state index is 0.0905. The van der Waals surface area contributed by atoms with E-state index >= 15 is 0 Å². The van der Waals surface area contributed by atoms with E-state index in [0.717, 1.165) is 31.0 Å². The van der Waals surface area contributed by atoms with Gasteiger partial charge in [0.05, 0.1) is 4.92 Å². The minimum atomic E-state index is -0.404. The second kappa shape index (κ2) is 5.62. The summed E-state index contributed by atoms with van der Waals surface area (Å²) >= 11 is 1.10. The number of hydrogen-bond acceptors (Lipinski definition) is 6. The highest BCUT2D eigenvalue weighted by Gasteiger charge is 2.24. The summed E-state index contributed by atoms with van der Waals surface area (Å²) in [6.07, 6.45) is 2.49. The van der Waals surface area contributed by atoms with Crippen LogP contribution < -0.4 is 5.32 Å². The zero-order valence-corrected chi connectivity index (χ0v) is 11.4. The molecule has 1 atom stereocenters. The fraction of sp³-hybridized carbons (Fsp3) is 0.727. The molecular weight excluding hydrogens is 252 g/mol. The average molecular weight is 270 g/mol. The number of anilines is 1. The van der Waals surface area contributed by atoms with Gasteiger partial charge in [0.1, 0.15) is 6.20 Å². The molecule has 1 aromatic heterocycles. The normalized spacial score (nSPS) is 20.5. The van der Waals surface area contributed by atoms with E-state index in [0.29, 0.717) is 17.1 Å². The van der Waals surface area contributed by atoms with Crippen LogP contribution in [0.2, 0.25) is 0 Å². The quantitative estimate of drug-likeness (QED) is 0.656. The van der Waals surface area contributed by atoms with Crippen molar-refractivity contribution in [3.63, 3.8) is 0 Å². The van der Waals surface area contributed by atoms with E-state index in [1.165, 1.54) is 12.6 Å². The Bertz CT molecular complexity index is 421. The Morgan fingerprint density at radius 2 is 2.50 bits per heavy atom. The topological polar surface area (TPSA) is 71.3 Å². The van der Waals surface area contributed by atoms with Crippen molar-refractivity contribution in [3.05, 3.63) is 16.3 Å². The molecule has 1 unspecified atom stereocenters. The van der Waals surface area contributed by atoms with Gasteiger partial charge in [-0.2, -0.15) is 0 Å². The summed E-state index contributed by atoms with van der Waals surface area (Å²) in [6, 6.07) is 0.593. The van der Waals surface area contributed by atoms with E-state index in [4.69, 9.17) is 0 Å². The molecule has 0 amide bonds. The van der Waals surface area contributed by atoms with E-state index in [1.807, 2.05) is 0 Å². The third-order valence-electron chi connectivity index (χ3n) is 3.26. The van der Waals surface area contributed by atoms with E-state index in [-0.39, 0.29) is 5.00 Å². The van der Waals surface area contributed by atoms with Crippen LogP contribution in [0.3, 0.4) is 0 Å². The highest BCUT2D eigenvalue weighted by Crippen LogP contribution is 2.26. The highest BCUT2D eigenvalue weighted by atomic mass is 32.1. The predicted molar refractivity (Wildman–Crippen MR) is 72.1 cm³/mol. The lowest BCUT2D eigenvalue weighted by Gasteiger charge is -2.20. The first kappa shape index (κ1) is 13.2. The predicted octanol–water partition coefficient (Wildman–Crippen LogP) is 2.19. The number of rotatable bonds is 5. The van der Waals surface area contributed by atoms with Crippen molar-refractivity contribution in [2.45, 2.75) is 26.3 Å². The molecule has 2 rings (SSSR count). The molecule has 1 N–H and O–H groups in total. The molecule has 2 heterocycles. The zero-order valence-electron chi connectivity index (χ0n) is 10.6. The van der Waals surface area contributed by atoms with Crippen molar-refractivity contribution in [1.82, 2.24) is 9.88 Å².